The number of carbonyl (C=O) groups is 2. The lowest BCUT2D eigenvalue weighted by Crippen LogP contribution is -2.44. The third-order valence-corrected chi connectivity index (χ3v) is 7.73. The second kappa shape index (κ2) is 9.52. The highest BCUT2D eigenvalue weighted by molar-refractivity contribution is 7.98. The highest BCUT2D eigenvalue weighted by atomic mass is 32.2. The van der Waals surface area contributed by atoms with Gasteiger partial charge in [0.15, 0.2) is 5.58 Å². The van der Waals surface area contributed by atoms with Gasteiger partial charge < -0.3 is 15.1 Å². The molecule has 1 unspecified atom stereocenters. The molecule has 1 aliphatic carbocycles. The number of H-pyrrole nitrogens is 1. The molecule has 2 aromatic carbocycles. The molecule has 0 spiro atoms. The van der Waals surface area contributed by atoms with Gasteiger partial charge in [0.2, 0.25) is 5.91 Å². The summed E-state index contributed by atoms with van der Waals surface area (Å²) in [5.41, 5.74) is 5.10. The number of thioether (sulfide) groups is 1. The molecule has 0 saturated heterocycles. The second-order valence-electron chi connectivity index (χ2n) is 8.14. The Hall–Kier alpha value is -3.30. The number of aryl methyl sites for hydroxylation is 2. The van der Waals surface area contributed by atoms with E-state index in [4.69, 9.17) is 4.42 Å². The zero-order chi connectivity index (χ0) is 23.7. The summed E-state index contributed by atoms with van der Waals surface area (Å²) in [6.07, 6.45) is 4.33. The largest absolute Gasteiger partial charge is 0.417 e. The monoisotopic (exact) mass is 493 g/mol. The van der Waals surface area contributed by atoms with Gasteiger partial charge in [0.05, 0.1) is 10.4 Å². The Bertz CT molecular complexity index is 1440. The molecule has 2 amide bonds. The molecule has 2 aromatic heterocycles. The Labute approximate surface area is 204 Å². The summed E-state index contributed by atoms with van der Waals surface area (Å²) in [6.45, 7) is 0. The van der Waals surface area contributed by atoms with Crippen molar-refractivity contribution in [2.45, 2.75) is 25.3 Å². The number of rotatable bonds is 7. The number of hydrogen-bond acceptors (Lipinski definition) is 6. The van der Waals surface area contributed by atoms with Crippen LogP contribution in [0.3, 0.4) is 0 Å². The molecule has 0 bridgehead atoms. The molecule has 9 heteroatoms. The fourth-order valence-corrected chi connectivity index (χ4v) is 5.82. The fraction of sp³-hybridized carbons (Fsp3) is 0.240. The van der Waals surface area contributed by atoms with Crippen LogP contribution in [0.15, 0.2) is 57.7 Å². The highest BCUT2D eigenvalue weighted by Gasteiger charge is 2.25. The summed E-state index contributed by atoms with van der Waals surface area (Å²) in [5.74, 6) is -0.377. The number of nitrogens with one attached hydrogen (secondary N) is 3. The topological polar surface area (TPSA) is 104 Å². The van der Waals surface area contributed by atoms with Gasteiger partial charge in [-0.3, -0.25) is 14.6 Å². The van der Waals surface area contributed by atoms with E-state index in [0.29, 0.717) is 28.1 Å². The number of thiophene rings is 1. The van der Waals surface area contributed by atoms with Crippen molar-refractivity contribution < 1.29 is 14.0 Å². The lowest BCUT2D eigenvalue weighted by Gasteiger charge is -2.18. The van der Waals surface area contributed by atoms with Crippen molar-refractivity contribution in [3.8, 4) is 10.4 Å². The van der Waals surface area contributed by atoms with Crippen LogP contribution in [0.1, 0.15) is 27.2 Å². The van der Waals surface area contributed by atoms with Crippen molar-refractivity contribution in [2.24, 2.45) is 0 Å². The summed E-state index contributed by atoms with van der Waals surface area (Å²) in [7, 11) is 0. The van der Waals surface area contributed by atoms with Gasteiger partial charge in [-0.25, -0.2) is 4.79 Å². The van der Waals surface area contributed by atoms with Crippen LogP contribution in [-0.4, -0.2) is 34.8 Å². The molecule has 0 saturated carbocycles. The maximum atomic E-state index is 13.1. The van der Waals surface area contributed by atoms with Crippen molar-refractivity contribution in [2.75, 3.05) is 17.3 Å². The van der Waals surface area contributed by atoms with Crippen molar-refractivity contribution in [1.29, 1.82) is 0 Å². The predicted octanol–water partition coefficient (Wildman–Crippen LogP) is 4.44. The van der Waals surface area contributed by atoms with E-state index in [-0.39, 0.29) is 11.8 Å². The Kier molecular flexibility index (Phi) is 6.30. The van der Waals surface area contributed by atoms with Gasteiger partial charge >= 0.3 is 5.76 Å². The summed E-state index contributed by atoms with van der Waals surface area (Å²) >= 11 is 3.09. The number of aromatic nitrogens is 1. The first-order valence-electron chi connectivity index (χ1n) is 11.0. The standard InChI is InChI=1S/C25H23N3O4S2/c1-33-11-10-18(23(29)26-16-8-9-20-19(13-16)28-25(31)32-20)27-24(30)21-12-15-7-6-14-4-2-3-5-17(14)22(15)34-21/h2-5,8-9,12-13,18H,6-7,10-11H2,1H3,(H,26,29)(H,27,30)(H,28,31). The third-order valence-electron chi connectivity index (χ3n) is 5.88. The first kappa shape index (κ1) is 22.5. The molecular weight excluding hydrogens is 470 g/mol. The van der Waals surface area contributed by atoms with E-state index in [0.717, 1.165) is 23.5 Å². The Balaban J connectivity index is 1.33. The van der Waals surface area contributed by atoms with Gasteiger partial charge in [-0.1, -0.05) is 24.3 Å². The predicted molar refractivity (Wildman–Crippen MR) is 137 cm³/mol. The number of hydrogen-bond donors (Lipinski definition) is 3. The number of oxazole rings is 1. The number of amides is 2. The minimum absolute atomic E-state index is 0.243. The lowest BCUT2D eigenvalue weighted by atomic mass is 9.91. The summed E-state index contributed by atoms with van der Waals surface area (Å²) in [5, 5.41) is 5.78. The normalized spacial score (nSPS) is 13.2. The van der Waals surface area contributed by atoms with Crippen LogP contribution in [-0.2, 0) is 17.6 Å². The maximum absolute atomic E-state index is 13.1. The SMILES string of the molecule is CSCCC(NC(=O)c1cc2c(s1)-c1ccccc1CC2)C(=O)Nc1ccc2oc(=O)[nH]c2c1. The zero-order valence-electron chi connectivity index (χ0n) is 18.5. The first-order chi connectivity index (χ1) is 16.5. The Morgan fingerprint density at radius 1 is 1.15 bits per heavy atom. The number of aromatic amines is 1. The average Bonchev–Trinajstić information content (AvgIpc) is 3.44. The number of carbonyl (C=O) groups excluding carboxylic acids is 2. The van der Waals surface area contributed by atoms with Gasteiger partial charge in [-0.05, 0) is 72.2 Å². The molecule has 0 aliphatic heterocycles. The molecule has 3 N–H and O–H groups in total. The van der Waals surface area contributed by atoms with Crippen molar-refractivity contribution >= 4 is 51.7 Å². The minimum Gasteiger partial charge on any atom is -0.408 e. The molecule has 7 nitrogen and oxygen atoms in total. The molecule has 34 heavy (non-hydrogen) atoms. The summed E-state index contributed by atoms with van der Waals surface area (Å²) < 4.78 is 5.00. The van der Waals surface area contributed by atoms with Crippen LogP contribution < -0.4 is 16.4 Å². The lowest BCUT2D eigenvalue weighted by molar-refractivity contribution is -0.118. The van der Waals surface area contributed by atoms with Crippen LogP contribution in [0, 0.1) is 0 Å². The number of anilines is 1. The average molecular weight is 494 g/mol. The van der Waals surface area contributed by atoms with Gasteiger partial charge in [0, 0.05) is 10.6 Å². The van der Waals surface area contributed by atoms with Gasteiger partial charge in [-0.15, -0.1) is 11.3 Å². The van der Waals surface area contributed by atoms with Crippen molar-refractivity contribution in [3.05, 3.63) is 75.1 Å². The molecule has 174 valence electrons. The van der Waals surface area contributed by atoms with E-state index in [2.05, 4.69) is 27.8 Å². The second-order valence-corrected chi connectivity index (χ2v) is 10.2. The van der Waals surface area contributed by atoms with E-state index >= 15 is 0 Å². The quantitative estimate of drug-likeness (QED) is 0.353. The van der Waals surface area contributed by atoms with Crippen molar-refractivity contribution in [1.82, 2.24) is 10.3 Å². The Morgan fingerprint density at radius 3 is 2.82 bits per heavy atom. The fourth-order valence-electron chi connectivity index (χ4n) is 4.18. The summed E-state index contributed by atoms with van der Waals surface area (Å²) in [6, 6.07) is 14.5. The van der Waals surface area contributed by atoms with Crippen LogP contribution in [0.4, 0.5) is 5.69 Å². The van der Waals surface area contributed by atoms with Gasteiger partial charge in [0.25, 0.3) is 5.91 Å². The third kappa shape index (κ3) is 4.53. The van der Waals surface area contributed by atoms with Crippen molar-refractivity contribution in [3.63, 3.8) is 0 Å². The highest BCUT2D eigenvalue weighted by Crippen LogP contribution is 2.39. The molecule has 1 atom stereocenters. The molecular formula is C25H23N3O4S2. The molecule has 5 rings (SSSR count). The Morgan fingerprint density at radius 2 is 1.97 bits per heavy atom. The molecule has 0 fully saturated rings. The molecule has 1 aliphatic rings. The maximum Gasteiger partial charge on any atom is 0.417 e. The van der Waals surface area contributed by atoms with E-state index in [1.807, 2.05) is 24.5 Å². The van der Waals surface area contributed by atoms with E-state index in [1.165, 1.54) is 28.0 Å². The van der Waals surface area contributed by atoms with E-state index in [1.54, 1.807) is 30.0 Å². The molecule has 4 aromatic rings. The van der Waals surface area contributed by atoms with Gasteiger partial charge in [0.1, 0.15) is 6.04 Å². The minimum atomic E-state index is -0.689. The summed E-state index contributed by atoms with van der Waals surface area (Å²) in [4.78, 5) is 41.9. The number of benzene rings is 2. The molecule has 0 radical (unpaired) electrons. The zero-order valence-corrected chi connectivity index (χ0v) is 20.1. The van der Waals surface area contributed by atoms with E-state index < -0.39 is 11.8 Å². The van der Waals surface area contributed by atoms with E-state index in [9.17, 15) is 14.4 Å². The molecule has 2 heterocycles. The van der Waals surface area contributed by atoms with Crippen LogP contribution in [0.2, 0.25) is 0 Å². The first-order valence-corrected chi connectivity index (χ1v) is 13.2. The number of fused-ring (bicyclic) bond motifs is 4. The van der Waals surface area contributed by atoms with Gasteiger partial charge in [-0.2, -0.15) is 11.8 Å². The van der Waals surface area contributed by atoms with Crippen LogP contribution >= 0.6 is 23.1 Å². The van der Waals surface area contributed by atoms with Crippen LogP contribution in [0.5, 0.6) is 0 Å². The van der Waals surface area contributed by atoms with Crippen LogP contribution in [0.25, 0.3) is 21.5 Å². The smallest absolute Gasteiger partial charge is 0.408 e.